The van der Waals surface area contributed by atoms with Crippen molar-refractivity contribution in [3.63, 3.8) is 0 Å². The summed E-state index contributed by atoms with van der Waals surface area (Å²) in [6, 6.07) is 6.76. The average molecular weight is 218 g/mol. The number of nitriles is 1. The highest BCUT2D eigenvalue weighted by atomic mass is 19.1. The van der Waals surface area contributed by atoms with E-state index in [1.54, 1.807) is 6.07 Å². The van der Waals surface area contributed by atoms with Gasteiger partial charge in [-0.15, -0.1) is 0 Å². The van der Waals surface area contributed by atoms with Crippen LogP contribution in [0, 0.1) is 23.1 Å². The minimum absolute atomic E-state index is 0.359. The van der Waals surface area contributed by atoms with Crippen molar-refractivity contribution in [1.82, 2.24) is 0 Å². The van der Waals surface area contributed by atoms with Crippen molar-refractivity contribution >= 4 is 5.69 Å². The lowest BCUT2D eigenvalue weighted by Crippen LogP contribution is -2.16. The average Bonchev–Trinajstić information content (AvgIpc) is 2.67. The summed E-state index contributed by atoms with van der Waals surface area (Å²) >= 11 is 0. The number of hydrogen-bond acceptors (Lipinski definition) is 2. The van der Waals surface area contributed by atoms with Crippen molar-refractivity contribution in [2.24, 2.45) is 5.92 Å². The molecule has 1 fully saturated rings. The second-order valence-electron chi connectivity index (χ2n) is 4.56. The molecule has 1 saturated carbocycles. The molecule has 0 aliphatic heterocycles. The van der Waals surface area contributed by atoms with Crippen LogP contribution in [0.5, 0.6) is 0 Å². The first-order chi connectivity index (χ1) is 7.69. The van der Waals surface area contributed by atoms with Gasteiger partial charge in [0.2, 0.25) is 0 Å². The predicted molar refractivity (Wildman–Crippen MR) is 61.5 cm³/mol. The van der Waals surface area contributed by atoms with Crippen LogP contribution in [-0.2, 0) is 0 Å². The van der Waals surface area contributed by atoms with Crippen molar-refractivity contribution in [2.45, 2.75) is 32.2 Å². The van der Waals surface area contributed by atoms with Crippen molar-refractivity contribution in [1.29, 1.82) is 5.26 Å². The molecule has 0 aromatic heterocycles. The zero-order chi connectivity index (χ0) is 11.5. The van der Waals surface area contributed by atoms with E-state index in [1.807, 2.05) is 6.07 Å². The molecule has 2 nitrogen and oxygen atoms in total. The molecule has 2 rings (SSSR count). The van der Waals surface area contributed by atoms with Gasteiger partial charge in [0.25, 0.3) is 0 Å². The second kappa shape index (κ2) is 4.52. The SMILES string of the molecule is CC1CCC(Nc2ccc(F)cc2C#N)C1. The van der Waals surface area contributed by atoms with Gasteiger partial charge in [-0.1, -0.05) is 6.92 Å². The number of hydrogen-bond donors (Lipinski definition) is 1. The van der Waals surface area contributed by atoms with Gasteiger partial charge in [-0.25, -0.2) is 4.39 Å². The van der Waals surface area contributed by atoms with Gasteiger partial charge in [0.1, 0.15) is 11.9 Å². The summed E-state index contributed by atoms with van der Waals surface area (Å²) in [7, 11) is 0. The Morgan fingerprint density at radius 3 is 2.88 bits per heavy atom. The molecule has 16 heavy (non-hydrogen) atoms. The Hall–Kier alpha value is -1.56. The highest BCUT2D eigenvalue weighted by molar-refractivity contribution is 5.58. The van der Waals surface area contributed by atoms with Crippen LogP contribution < -0.4 is 5.32 Å². The summed E-state index contributed by atoms with van der Waals surface area (Å²) in [4.78, 5) is 0. The molecule has 2 unspecified atom stereocenters. The van der Waals surface area contributed by atoms with E-state index in [0.717, 1.165) is 24.4 Å². The highest BCUT2D eigenvalue weighted by Gasteiger charge is 2.21. The molecule has 1 aromatic rings. The third-order valence-electron chi connectivity index (χ3n) is 3.16. The van der Waals surface area contributed by atoms with Gasteiger partial charge in [0.05, 0.1) is 11.3 Å². The molecule has 0 spiro atoms. The Morgan fingerprint density at radius 2 is 2.25 bits per heavy atom. The van der Waals surface area contributed by atoms with Crippen molar-refractivity contribution in [3.05, 3.63) is 29.6 Å². The second-order valence-corrected chi connectivity index (χ2v) is 4.56. The zero-order valence-electron chi connectivity index (χ0n) is 9.33. The third kappa shape index (κ3) is 2.33. The lowest BCUT2D eigenvalue weighted by molar-refractivity contribution is 0.602. The molecule has 2 atom stereocenters. The van der Waals surface area contributed by atoms with Crippen LogP contribution in [0.1, 0.15) is 31.7 Å². The quantitative estimate of drug-likeness (QED) is 0.826. The molecule has 0 radical (unpaired) electrons. The Labute approximate surface area is 95.1 Å². The number of rotatable bonds is 2. The van der Waals surface area contributed by atoms with Gasteiger partial charge < -0.3 is 5.32 Å². The summed E-state index contributed by atoms with van der Waals surface area (Å²) in [5, 5.41) is 12.2. The Morgan fingerprint density at radius 1 is 1.44 bits per heavy atom. The Bertz CT molecular complexity index is 422. The van der Waals surface area contributed by atoms with Crippen LogP contribution in [0.15, 0.2) is 18.2 Å². The topological polar surface area (TPSA) is 35.8 Å². The number of halogens is 1. The highest BCUT2D eigenvalue weighted by Crippen LogP contribution is 2.28. The fourth-order valence-electron chi connectivity index (χ4n) is 2.29. The van der Waals surface area contributed by atoms with Crippen LogP contribution in [0.4, 0.5) is 10.1 Å². The molecule has 0 saturated heterocycles. The van der Waals surface area contributed by atoms with Gasteiger partial charge >= 0.3 is 0 Å². The van der Waals surface area contributed by atoms with Gasteiger partial charge in [-0.3, -0.25) is 0 Å². The first-order valence-corrected chi connectivity index (χ1v) is 5.65. The minimum Gasteiger partial charge on any atom is -0.381 e. The van der Waals surface area contributed by atoms with Gasteiger partial charge in [-0.2, -0.15) is 5.26 Å². The van der Waals surface area contributed by atoms with E-state index in [1.165, 1.54) is 18.6 Å². The first kappa shape index (κ1) is 10.9. The molecule has 0 heterocycles. The zero-order valence-corrected chi connectivity index (χ0v) is 9.33. The molecule has 84 valence electrons. The fourth-order valence-corrected chi connectivity index (χ4v) is 2.29. The van der Waals surface area contributed by atoms with Crippen LogP contribution >= 0.6 is 0 Å². The van der Waals surface area contributed by atoms with Crippen LogP contribution in [0.2, 0.25) is 0 Å². The maximum atomic E-state index is 12.9. The van der Waals surface area contributed by atoms with E-state index < -0.39 is 0 Å². The van der Waals surface area contributed by atoms with Crippen LogP contribution in [0.25, 0.3) is 0 Å². The normalized spacial score (nSPS) is 24.1. The molecule has 1 N–H and O–H groups in total. The van der Waals surface area contributed by atoms with E-state index >= 15 is 0 Å². The largest absolute Gasteiger partial charge is 0.381 e. The first-order valence-electron chi connectivity index (χ1n) is 5.65. The molecule has 1 aliphatic rings. The van der Waals surface area contributed by atoms with Crippen molar-refractivity contribution < 1.29 is 4.39 Å². The number of anilines is 1. The number of nitrogens with zero attached hydrogens (tertiary/aromatic N) is 1. The van der Waals surface area contributed by atoms with E-state index in [4.69, 9.17) is 5.26 Å². The van der Waals surface area contributed by atoms with Crippen LogP contribution in [0.3, 0.4) is 0 Å². The number of nitrogens with one attached hydrogen (secondary N) is 1. The van der Waals surface area contributed by atoms with Gasteiger partial charge in [0.15, 0.2) is 0 Å². The molecular formula is C13H15FN2. The molecule has 0 bridgehead atoms. The maximum Gasteiger partial charge on any atom is 0.124 e. The van der Waals surface area contributed by atoms with Crippen molar-refractivity contribution in [3.8, 4) is 6.07 Å². The lowest BCUT2D eigenvalue weighted by atomic mass is 10.1. The monoisotopic (exact) mass is 218 g/mol. The summed E-state index contributed by atoms with van der Waals surface area (Å²) in [5.41, 5.74) is 1.14. The van der Waals surface area contributed by atoms with E-state index in [0.29, 0.717) is 11.6 Å². The van der Waals surface area contributed by atoms with E-state index in [-0.39, 0.29) is 5.82 Å². The van der Waals surface area contributed by atoms with Crippen LogP contribution in [-0.4, -0.2) is 6.04 Å². The summed E-state index contributed by atoms with van der Waals surface area (Å²) in [6.45, 7) is 2.23. The van der Waals surface area contributed by atoms with Gasteiger partial charge in [0, 0.05) is 6.04 Å². The lowest BCUT2D eigenvalue weighted by Gasteiger charge is -2.15. The summed E-state index contributed by atoms with van der Waals surface area (Å²) in [5.74, 6) is 0.380. The van der Waals surface area contributed by atoms with Crippen molar-refractivity contribution in [2.75, 3.05) is 5.32 Å². The smallest absolute Gasteiger partial charge is 0.124 e. The Kier molecular flexibility index (Phi) is 3.09. The molecular weight excluding hydrogens is 203 g/mol. The molecule has 0 amide bonds. The standard InChI is InChI=1S/C13H15FN2/c1-9-2-4-12(6-9)16-13-5-3-11(14)7-10(13)8-15/h3,5,7,9,12,16H,2,4,6H2,1H3. The van der Waals surface area contributed by atoms with E-state index in [2.05, 4.69) is 12.2 Å². The summed E-state index contributed by atoms with van der Waals surface area (Å²) < 4.78 is 12.9. The molecule has 1 aromatic carbocycles. The van der Waals surface area contributed by atoms with Gasteiger partial charge in [-0.05, 0) is 43.4 Å². The maximum absolute atomic E-state index is 12.9. The third-order valence-corrected chi connectivity index (χ3v) is 3.16. The fraction of sp³-hybridized carbons (Fsp3) is 0.462. The Balaban J connectivity index is 2.12. The number of benzene rings is 1. The summed E-state index contributed by atoms with van der Waals surface area (Å²) in [6.07, 6.45) is 3.48. The predicted octanol–water partition coefficient (Wildman–Crippen LogP) is 3.30. The molecule has 3 heteroatoms. The minimum atomic E-state index is -0.359. The van der Waals surface area contributed by atoms with E-state index in [9.17, 15) is 4.39 Å². The molecule has 1 aliphatic carbocycles.